The number of benzene rings is 2. The topological polar surface area (TPSA) is 89.1 Å². The number of carbonyl (C=O) groups is 1. The van der Waals surface area contributed by atoms with Crippen molar-refractivity contribution in [3.63, 3.8) is 0 Å². The van der Waals surface area contributed by atoms with Crippen molar-refractivity contribution in [2.45, 2.75) is 32.7 Å². The lowest BCUT2D eigenvalue weighted by atomic mass is 9.94. The zero-order valence-electron chi connectivity index (χ0n) is 18.8. The van der Waals surface area contributed by atoms with Crippen molar-refractivity contribution in [2.75, 3.05) is 0 Å². The average Bonchev–Trinajstić information content (AvgIpc) is 3.12. The lowest BCUT2D eigenvalue weighted by Gasteiger charge is -2.26. The fourth-order valence-electron chi connectivity index (χ4n) is 3.55. The van der Waals surface area contributed by atoms with Crippen LogP contribution < -0.4 is 14.8 Å². The third kappa shape index (κ3) is 5.83. The highest BCUT2D eigenvalue weighted by Gasteiger charge is 2.31. The summed E-state index contributed by atoms with van der Waals surface area (Å²) in [5.41, 5.74) is 1.67. The number of aromatic amines is 1. The number of fused-ring (bicyclic) bond motifs is 1. The summed E-state index contributed by atoms with van der Waals surface area (Å²) in [6.45, 7) is 5.24. The number of halogens is 4. The molecule has 0 fully saturated rings. The van der Waals surface area contributed by atoms with Gasteiger partial charge < -0.3 is 19.8 Å². The maximum absolute atomic E-state index is 12.6. The molecule has 2 N–H and O–H groups in total. The number of imidazole rings is 1. The minimum atomic E-state index is -4.81. The highest BCUT2D eigenvalue weighted by molar-refractivity contribution is 6.33. The molecule has 0 atom stereocenters. The Labute approximate surface area is 203 Å². The summed E-state index contributed by atoms with van der Waals surface area (Å²) in [5.74, 6) is -0.0263. The van der Waals surface area contributed by atoms with E-state index in [2.05, 4.69) is 25.0 Å². The van der Waals surface area contributed by atoms with Gasteiger partial charge in [-0.25, -0.2) is 4.98 Å². The highest BCUT2D eigenvalue weighted by Crippen LogP contribution is 2.33. The smallest absolute Gasteiger partial charge is 0.426 e. The van der Waals surface area contributed by atoms with Crippen LogP contribution in [0.4, 0.5) is 13.2 Å². The molecule has 0 radical (unpaired) electrons. The first-order chi connectivity index (χ1) is 16.4. The number of nitrogens with one attached hydrogen (secondary N) is 2. The van der Waals surface area contributed by atoms with E-state index in [-0.39, 0.29) is 34.0 Å². The molecule has 4 rings (SSSR count). The summed E-state index contributed by atoms with van der Waals surface area (Å²) in [6.07, 6.45) is -4.81. The third-order valence-corrected chi connectivity index (χ3v) is 5.31. The Kier molecular flexibility index (Phi) is 6.33. The van der Waals surface area contributed by atoms with Gasteiger partial charge in [0.1, 0.15) is 11.5 Å². The Hall–Kier alpha value is -3.79. The second kappa shape index (κ2) is 9.10. The number of nitrogens with zero attached hydrogens (tertiary/aromatic N) is 2. The van der Waals surface area contributed by atoms with Crippen LogP contribution in [0.15, 0.2) is 54.6 Å². The van der Waals surface area contributed by atoms with Gasteiger partial charge in [0.05, 0.1) is 21.8 Å². The van der Waals surface area contributed by atoms with Gasteiger partial charge in [-0.2, -0.15) is 4.98 Å². The fraction of sp³-hybridized carbons (Fsp3) is 0.208. The van der Waals surface area contributed by atoms with E-state index in [0.717, 1.165) is 5.56 Å². The summed E-state index contributed by atoms with van der Waals surface area (Å²) in [6, 6.07) is 14.2. The Bertz CT molecular complexity index is 1390. The standard InChI is InChI=1S/C24H20ClF3N4O3/c1-13(33)32-23(2,3)15-7-9-16(10-8-15)34-22-29-19-12-18(25)20(30-21(19)31-22)14-5-4-6-17(11-14)35-24(26,27)28/h4-12H,1-3H3,(H,32,33)(H,29,30,31). The molecule has 2 aromatic carbocycles. The molecule has 182 valence electrons. The number of aromatic nitrogens is 3. The van der Waals surface area contributed by atoms with Crippen LogP contribution in [0, 0.1) is 0 Å². The maximum Gasteiger partial charge on any atom is 0.573 e. The van der Waals surface area contributed by atoms with Gasteiger partial charge in [-0.15, -0.1) is 13.2 Å². The van der Waals surface area contributed by atoms with Crippen molar-refractivity contribution in [2.24, 2.45) is 0 Å². The predicted molar refractivity (Wildman–Crippen MR) is 124 cm³/mol. The van der Waals surface area contributed by atoms with Crippen LogP contribution in [0.3, 0.4) is 0 Å². The second-order valence-corrected chi connectivity index (χ2v) is 8.65. The van der Waals surface area contributed by atoms with Crippen LogP contribution in [0.2, 0.25) is 5.02 Å². The predicted octanol–water partition coefficient (Wildman–Crippen LogP) is 6.34. The highest BCUT2D eigenvalue weighted by atomic mass is 35.5. The quantitative estimate of drug-likeness (QED) is 0.320. The molecule has 0 saturated carbocycles. The number of rotatable bonds is 6. The normalized spacial score (nSPS) is 12.0. The number of carbonyl (C=O) groups excluding carboxylic acids is 1. The van der Waals surface area contributed by atoms with Crippen molar-refractivity contribution >= 4 is 28.7 Å². The number of pyridine rings is 1. The van der Waals surface area contributed by atoms with Crippen molar-refractivity contribution < 1.29 is 27.4 Å². The zero-order chi connectivity index (χ0) is 25.4. The van der Waals surface area contributed by atoms with Gasteiger partial charge in [-0.3, -0.25) is 4.79 Å². The van der Waals surface area contributed by atoms with E-state index >= 15 is 0 Å². The molecule has 0 aliphatic rings. The first kappa shape index (κ1) is 24.3. The van der Waals surface area contributed by atoms with Crippen LogP contribution >= 0.6 is 11.6 Å². The van der Waals surface area contributed by atoms with Gasteiger partial charge in [0.25, 0.3) is 0 Å². The van der Waals surface area contributed by atoms with E-state index in [1.807, 2.05) is 26.0 Å². The molecule has 2 heterocycles. The van der Waals surface area contributed by atoms with Gasteiger partial charge >= 0.3 is 12.4 Å². The SMILES string of the molecule is CC(=O)NC(C)(C)c1ccc(Oc2nc3nc(-c4cccc(OC(F)(F)F)c4)c(Cl)cc3[nH]2)cc1. The molecule has 11 heteroatoms. The summed E-state index contributed by atoms with van der Waals surface area (Å²) in [4.78, 5) is 23.1. The first-order valence-electron chi connectivity index (χ1n) is 10.4. The largest absolute Gasteiger partial charge is 0.573 e. The second-order valence-electron chi connectivity index (χ2n) is 8.24. The molecular weight excluding hydrogens is 485 g/mol. The number of amides is 1. The number of H-pyrrole nitrogens is 1. The van der Waals surface area contributed by atoms with Crippen molar-refractivity contribution in [1.82, 2.24) is 20.3 Å². The fourth-order valence-corrected chi connectivity index (χ4v) is 3.81. The summed E-state index contributed by atoms with van der Waals surface area (Å²) in [5, 5.41) is 3.09. The lowest BCUT2D eigenvalue weighted by Crippen LogP contribution is -2.39. The van der Waals surface area contributed by atoms with E-state index in [1.54, 1.807) is 24.3 Å². The molecule has 2 aromatic heterocycles. The van der Waals surface area contributed by atoms with Gasteiger partial charge in [-0.1, -0.05) is 35.9 Å². The average molecular weight is 505 g/mol. The van der Waals surface area contributed by atoms with Crippen molar-refractivity contribution in [3.8, 4) is 28.8 Å². The molecule has 0 spiro atoms. The number of alkyl halides is 3. The van der Waals surface area contributed by atoms with Crippen LogP contribution in [0.25, 0.3) is 22.4 Å². The molecule has 0 aliphatic heterocycles. The van der Waals surface area contributed by atoms with E-state index in [9.17, 15) is 18.0 Å². The third-order valence-electron chi connectivity index (χ3n) is 5.03. The lowest BCUT2D eigenvalue weighted by molar-refractivity contribution is -0.274. The van der Waals surface area contributed by atoms with Crippen molar-refractivity contribution in [3.05, 3.63) is 65.2 Å². The molecule has 1 amide bonds. The van der Waals surface area contributed by atoms with Gasteiger partial charge in [0, 0.05) is 12.5 Å². The van der Waals surface area contributed by atoms with Crippen LogP contribution in [0.5, 0.6) is 17.5 Å². The zero-order valence-corrected chi connectivity index (χ0v) is 19.6. The van der Waals surface area contributed by atoms with Gasteiger partial charge in [-0.05, 0) is 49.7 Å². The van der Waals surface area contributed by atoms with Crippen LogP contribution in [-0.2, 0) is 10.3 Å². The maximum atomic E-state index is 12.6. The summed E-state index contributed by atoms with van der Waals surface area (Å²) in [7, 11) is 0. The number of hydrogen-bond donors (Lipinski definition) is 2. The first-order valence-corrected chi connectivity index (χ1v) is 10.8. The van der Waals surface area contributed by atoms with Gasteiger partial charge in [0.15, 0.2) is 5.65 Å². The molecule has 4 aromatic rings. The molecule has 0 saturated heterocycles. The molecule has 0 bridgehead atoms. The van der Waals surface area contributed by atoms with E-state index in [4.69, 9.17) is 16.3 Å². The number of ether oxygens (including phenoxy) is 2. The Morgan fingerprint density at radius 3 is 2.40 bits per heavy atom. The molecule has 35 heavy (non-hydrogen) atoms. The molecule has 0 unspecified atom stereocenters. The molecule has 0 aliphatic carbocycles. The molecule has 7 nitrogen and oxygen atoms in total. The number of hydrogen-bond acceptors (Lipinski definition) is 5. The van der Waals surface area contributed by atoms with Crippen LogP contribution in [-0.4, -0.2) is 27.2 Å². The Morgan fingerprint density at radius 1 is 1.03 bits per heavy atom. The van der Waals surface area contributed by atoms with E-state index < -0.39 is 11.9 Å². The summed E-state index contributed by atoms with van der Waals surface area (Å²) >= 11 is 6.34. The minimum Gasteiger partial charge on any atom is -0.426 e. The van der Waals surface area contributed by atoms with Crippen LogP contribution in [0.1, 0.15) is 26.3 Å². The summed E-state index contributed by atoms with van der Waals surface area (Å²) < 4.78 is 47.5. The molecular formula is C24H20ClF3N4O3. The van der Waals surface area contributed by atoms with E-state index in [1.165, 1.54) is 25.1 Å². The monoisotopic (exact) mass is 504 g/mol. The van der Waals surface area contributed by atoms with E-state index in [0.29, 0.717) is 16.8 Å². The Balaban J connectivity index is 1.57. The van der Waals surface area contributed by atoms with Crippen molar-refractivity contribution in [1.29, 1.82) is 0 Å². The Morgan fingerprint density at radius 2 is 1.74 bits per heavy atom. The van der Waals surface area contributed by atoms with Gasteiger partial charge in [0.2, 0.25) is 5.91 Å². The minimum absolute atomic E-state index is 0.136.